The van der Waals surface area contributed by atoms with Gasteiger partial charge in [-0.25, -0.2) is 0 Å². The first-order valence-electron chi connectivity index (χ1n) is 11.4. The van der Waals surface area contributed by atoms with Gasteiger partial charge >= 0.3 is 5.97 Å². The van der Waals surface area contributed by atoms with Crippen LogP contribution in [0.4, 0.5) is 0 Å². The van der Waals surface area contributed by atoms with Crippen LogP contribution < -0.4 is 5.32 Å². The summed E-state index contributed by atoms with van der Waals surface area (Å²) >= 11 is 3.62. The fourth-order valence-corrected chi connectivity index (χ4v) is 6.62. The van der Waals surface area contributed by atoms with Crippen molar-refractivity contribution in [1.29, 1.82) is 0 Å². The van der Waals surface area contributed by atoms with Crippen LogP contribution >= 0.6 is 15.9 Å². The maximum atomic E-state index is 13.8. The molecule has 9 heteroatoms. The first kappa shape index (κ1) is 24.5. The standard InChI is InChI=1S/C22H35BrN2O6/c1-6-8-12(5)24-19(27)18-22-9-13(23)17(31-22)15(21(29)30-7-2)16(22)20(28)25(18)14(10-26)11(3)4/h11-18,26H,6-10H2,1-5H3,(H,24,27)/t12?,13?,14-,15-,16+,17-,18-,22+/m0/s1. The fourth-order valence-electron chi connectivity index (χ4n) is 5.68. The van der Waals surface area contributed by atoms with Crippen molar-refractivity contribution in [2.75, 3.05) is 13.2 Å². The van der Waals surface area contributed by atoms with Gasteiger partial charge in [-0.3, -0.25) is 14.4 Å². The molecule has 2 amide bonds. The number of amides is 2. The summed E-state index contributed by atoms with van der Waals surface area (Å²) in [7, 11) is 0. The number of rotatable bonds is 9. The molecule has 176 valence electrons. The number of esters is 1. The van der Waals surface area contributed by atoms with Gasteiger partial charge in [0.1, 0.15) is 11.6 Å². The van der Waals surface area contributed by atoms with Crippen molar-refractivity contribution in [3.05, 3.63) is 0 Å². The molecule has 3 saturated heterocycles. The molecule has 3 aliphatic heterocycles. The van der Waals surface area contributed by atoms with Crippen molar-refractivity contribution in [2.24, 2.45) is 17.8 Å². The Balaban J connectivity index is 2.06. The van der Waals surface area contributed by atoms with E-state index in [4.69, 9.17) is 9.47 Å². The zero-order valence-corrected chi connectivity index (χ0v) is 20.6. The summed E-state index contributed by atoms with van der Waals surface area (Å²) in [5.74, 6) is -2.72. The Morgan fingerprint density at radius 3 is 2.58 bits per heavy atom. The van der Waals surface area contributed by atoms with Crippen LogP contribution in [0.15, 0.2) is 0 Å². The highest BCUT2D eigenvalue weighted by atomic mass is 79.9. The molecule has 8 atom stereocenters. The molecule has 0 aromatic heterocycles. The summed E-state index contributed by atoms with van der Waals surface area (Å²) < 4.78 is 11.7. The number of fused-ring (bicyclic) bond motifs is 1. The molecule has 2 bridgehead atoms. The number of aliphatic hydroxyl groups excluding tert-OH is 1. The molecule has 3 rings (SSSR count). The highest BCUT2D eigenvalue weighted by molar-refractivity contribution is 9.09. The lowest BCUT2D eigenvalue weighted by atomic mass is 9.70. The fraction of sp³-hybridized carbons (Fsp3) is 0.864. The molecule has 0 aromatic carbocycles. The second-order valence-electron chi connectivity index (χ2n) is 9.35. The number of halogens is 1. The monoisotopic (exact) mass is 502 g/mol. The number of alkyl halides is 1. The Bertz CT molecular complexity index is 718. The minimum Gasteiger partial charge on any atom is -0.466 e. The Morgan fingerprint density at radius 2 is 2.03 bits per heavy atom. The highest BCUT2D eigenvalue weighted by Crippen LogP contribution is 2.60. The number of carbonyl (C=O) groups is 3. The topological polar surface area (TPSA) is 105 Å². The molecule has 3 aliphatic rings. The third-order valence-electron chi connectivity index (χ3n) is 6.96. The summed E-state index contributed by atoms with van der Waals surface area (Å²) in [6.07, 6.45) is 1.65. The average Bonchev–Trinajstić information content (AvgIpc) is 3.26. The van der Waals surface area contributed by atoms with Gasteiger partial charge < -0.3 is 24.8 Å². The molecule has 8 nitrogen and oxygen atoms in total. The average molecular weight is 503 g/mol. The largest absolute Gasteiger partial charge is 0.466 e. The van der Waals surface area contributed by atoms with Gasteiger partial charge in [0.2, 0.25) is 11.8 Å². The second kappa shape index (κ2) is 9.35. The maximum absolute atomic E-state index is 13.8. The maximum Gasteiger partial charge on any atom is 0.312 e. The number of aliphatic hydroxyl groups is 1. The van der Waals surface area contributed by atoms with Crippen LogP contribution in [0.25, 0.3) is 0 Å². The number of likely N-dealkylation sites (tertiary alicyclic amines) is 1. The molecule has 0 radical (unpaired) electrons. The number of nitrogens with one attached hydrogen (secondary N) is 1. The summed E-state index contributed by atoms with van der Waals surface area (Å²) in [5, 5.41) is 13.2. The number of nitrogens with zero attached hydrogens (tertiary/aromatic N) is 1. The number of ether oxygens (including phenoxy) is 2. The zero-order valence-electron chi connectivity index (χ0n) is 19.0. The Kier molecular flexibility index (Phi) is 7.38. The van der Waals surface area contributed by atoms with Gasteiger partial charge in [-0.2, -0.15) is 0 Å². The number of carbonyl (C=O) groups excluding carboxylic acids is 3. The van der Waals surface area contributed by atoms with Crippen LogP contribution in [0.2, 0.25) is 0 Å². The first-order chi connectivity index (χ1) is 14.6. The van der Waals surface area contributed by atoms with Crippen molar-refractivity contribution in [3.8, 4) is 0 Å². The summed E-state index contributed by atoms with van der Waals surface area (Å²) in [6.45, 7) is 9.45. The minimum atomic E-state index is -1.12. The van der Waals surface area contributed by atoms with Crippen LogP contribution in [0.5, 0.6) is 0 Å². The van der Waals surface area contributed by atoms with E-state index in [2.05, 4.69) is 21.2 Å². The molecule has 3 fully saturated rings. The van der Waals surface area contributed by atoms with Crippen LogP contribution in [-0.2, 0) is 23.9 Å². The van der Waals surface area contributed by atoms with Crippen molar-refractivity contribution < 1.29 is 29.0 Å². The van der Waals surface area contributed by atoms with Crippen molar-refractivity contribution >= 4 is 33.7 Å². The molecule has 0 aromatic rings. The Hall–Kier alpha value is -1.19. The van der Waals surface area contributed by atoms with Gasteiger partial charge in [-0.05, 0) is 32.6 Å². The quantitative estimate of drug-likeness (QED) is 0.366. The summed E-state index contributed by atoms with van der Waals surface area (Å²) in [5.41, 5.74) is -1.12. The molecule has 2 N–H and O–H groups in total. The predicted octanol–water partition coefficient (Wildman–Crippen LogP) is 1.62. The van der Waals surface area contributed by atoms with Crippen molar-refractivity contribution in [2.45, 2.75) is 88.5 Å². The summed E-state index contributed by atoms with van der Waals surface area (Å²) in [6, 6.07) is -1.52. The van der Waals surface area contributed by atoms with E-state index in [0.717, 1.165) is 12.8 Å². The second-order valence-corrected chi connectivity index (χ2v) is 10.5. The van der Waals surface area contributed by atoms with Crippen molar-refractivity contribution in [1.82, 2.24) is 10.2 Å². The van der Waals surface area contributed by atoms with Gasteiger partial charge in [-0.1, -0.05) is 43.1 Å². The number of hydrogen-bond acceptors (Lipinski definition) is 6. The molecule has 0 aliphatic carbocycles. The van der Waals surface area contributed by atoms with Gasteiger partial charge in [-0.15, -0.1) is 0 Å². The van der Waals surface area contributed by atoms with Crippen LogP contribution in [-0.4, -0.2) is 75.7 Å². The SMILES string of the molecule is CCCC(C)NC(=O)[C@@H]1N([C@@H](CO)C(C)C)C(=O)[C@H]2[C@H](C(=O)OCC)[C@H]3O[C@@]12CC3Br. The molecule has 3 heterocycles. The third kappa shape index (κ3) is 3.91. The van der Waals surface area contributed by atoms with Gasteiger partial charge in [0.25, 0.3) is 0 Å². The predicted molar refractivity (Wildman–Crippen MR) is 117 cm³/mol. The lowest BCUT2D eigenvalue weighted by molar-refractivity contribution is -0.155. The van der Waals surface area contributed by atoms with E-state index in [1.54, 1.807) is 6.92 Å². The van der Waals surface area contributed by atoms with Gasteiger partial charge in [0.05, 0.1) is 37.2 Å². The molecule has 31 heavy (non-hydrogen) atoms. The number of hydrogen-bond donors (Lipinski definition) is 2. The molecule has 1 spiro atoms. The first-order valence-corrected chi connectivity index (χ1v) is 12.3. The normalized spacial score (nSPS) is 35.9. The van der Waals surface area contributed by atoms with Gasteiger partial charge in [0.15, 0.2) is 0 Å². The van der Waals surface area contributed by atoms with Crippen LogP contribution in [0.3, 0.4) is 0 Å². The van der Waals surface area contributed by atoms with E-state index >= 15 is 0 Å². The molecular weight excluding hydrogens is 468 g/mol. The smallest absolute Gasteiger partial charge is 0.312 e. The summed E-state index contributed by atoms with van der Waals surface area (Å²) in [4.78, 5) is 41.5. The van der Waals surface area contributed by atoms with E-state index in [9.17, 15) is 19.5 Å². The van der Waals surface area contributed by atoms with E-state index < -0.39 is 41.6 Å². The zero-order chi connectivity index (χ0) is 23.1. The van der Waals surface area contributed by atoms with E-state index in [-0.39, 0.29) is 41.8 Å². The van der Waals surface area contributed by atoms with Crippen LogP contribution in [0, 0.1) is 17.8 Å². The molecule has 2 unspecified atom stereocenters. The minimum absolute atomic E-state index is 0.0595. The van der Waals surface area contributed by atoms with E-state index in [0.29, 0.717) is 6.42 Å². The lowest BCUT2D eigenvalue weighted by Crippen LogP contribution is -2.60. The highest BCUT2D eigenvalue weighted by Gasteiger charge is 2.77. The van der Waals surface area contributed by atoms with E-state index in [1.165, 1.54) is 4.90 Å². The van der Waals surface area contributed by atoms with Crippen molar-refractivity contribution in [3.63, 3.8) is 0 Å². The Labute approximate surface area is 192 Å². The van der Waals surface area contributed by atoms with E-state index in [1.807, 2.05) is 27.7 Å². The third-order valence-corrected chi connectivity index (χ3v) is 7.80. The molecule has 0 saturated carbocycles. The van der Waals surface area contributed by atoms with Crippen LogP contribution in [0.1, 0.15) is 53.9 Å². The molecular formula is C22H35BrN2O6. The van der Waals surface area contributed by atoms with Gasteiger partial charge in [0, 0.05) is 10.9 Å². The Morgan fingerprint density at radius 1 is 1.35 bits per heavy atom. The lowest BCUT2D eigenvalue weighted by Gasteiger charge is -2.38.